The third-order valence-electron chi connectivity index (χ3n) is 4.43. The number of hydrogen-bond donors (Lipinski definition) is 2. The van der Waals surface area contributed by atoms with Crippen LogP contribution in [0.4, 0.5) is 14.6 Å². The number of carbonyl (C=O) groups excluding carboxylic acids is 1. The first kappa shape index (κ1) is 19.4. The van der Waals surface area contributed by atoms with Crippen molar-refractivity contribution in [2.24, 2.45) is 0 Å². The molecule has 0 atom stereocenters. The van der Waals surface area contributed by atoms with Gasteiger partial charge in [0.2, 0.25) is 0 Å². The van der Waals surface area contributed by atoms with E-state index >= 15 is 0 Å². The Morgan fingerprint density at radius 3 is 2.32 bits per heavy atom. The molecule has 9 heteroatoms. The predicted octanol–water partition coefficient (Wildman–Crippen LogP) is 2.71. The number of aromatic nitrogens is 4. The van der Waals surface area contributed by atoms with E-state index in [1.807, 2.05) is 20.8 Å². The number of nitrogens with one attached hydrogen (secondary N) is 2. The number of halogens is 2. The number of aryl methyl sites for hydroxylation is 1. The van der Waals surface area contributed by atoms with Gasteiger partial charge < -0.3 is 10.6 Å². The van der Waals surface area contributed by atoms with Crippen LogP contribution in [0.15, 0.2) is 30.3 Å². The van der Waals surface area contributed by atoms with Crippen LogP contribution in [0, 0.1) is 32.4 Å². The molecule has 2 N–H and O–H groups in total. The number of rotatable bonds is 6. The molecule has 1 aromatic carbocycles. The lowest BCUT2D eigenvalue weighted by molar-refractivity contribution is 0.0946. The highest BCUT2D eigenvalue weighted by Crippen LogP contribution is 2.15. The molecule has 0 aliphatic carbocycles. The Labute approximate surface area is 160 Å². The van der Waals surface area contributed by atoms with E-state index < -0.39 is 23.1 Å². The Morgan fingerprint density at radius 1 is 1.04 bits per heavy atom. The number of anilines is 1. The molecular weight excluding hydrogens is 366 g/mol. The Balaban J connectivity index is 1.54. The van der Waals surface area contributed by atoms with Gasteiger partial charge >= 0.3 is 0 Å². The summed E-state index contributed by atoms with van der Waals surface area (Å²) in [5.41, 5.74) is 2.44. The maximum atomic E-state index is 13.6. The lowest BCUT2D eigenvalue weighted by Gasteiger charge is -2.09. The van der Waals surface area contributed by atoms with Gasteiger partial charge in [-0.2, -0.15) is 5.10 Å². The average Bonchev–Trinajstić information content (AvgIpc) is 2.93. The molecule has 0 spiro atoms. The van der Waals surface area contributed by atoms with Gasteiger partial charge in [-0.1, -0.05) is 6.07 Å². The molecule has 146 valence electrons. The van der Waals surface area contributed by atoms with Crippen LogP contribution in [0.1, 0.15) is 27.3 Å². The number of hydrogen-bond acceptors (Lipinski definition) is 5. The van der Waals surface area contributed by atoms with Crippen LogP contribution >= 0.6 is 0 Å². The molecule has 28 heavy (non-hydrogen) atoms. The van der Waals surface area contributed by atoms with E-state index in [1.165, 1.54) is 6.07 Å². The van der Waals surface area contributed by atoms with Gasteiger partial charge in [-0.25, -0.2) is 13.5 Å². The lowest BCUT2D eigenvalue weighted by atomic mass is 10.2. The summed E-state index contributed by atoms with van der Waals surface area (Å²) < 4.78 is 28.9. The highest BCUT2D eigenvalue weighted by molar-refractivity contribution is 5.94. The first-order valence-corrected chi connectivity index (χ1v) is 8.71. The summed E-state index contributed by atoms with van der Waals surface area (Å²) in [4.78, 5) is 11.9. The molecule has 0 aliphatic rings. The third-order valence-corrected chi connectivity index (χ3v) is 4.43. The SMILES string of the molecule is Cc1nn(-c2ccc(NCCNC(=O)c3c(F)cccc3F)nn2)c(C)c1C. The molecular formula is C19H20F2N6O. The minimum Gasteiger partial charge on any atom is -0.367 e. The predicted molar refractivity (Wildman–Crippen MR) is 101 cm³/mol. The summed E-state index contributed by atoms with van der Waals surface area (Å²) in [7, 11) is 0. The van der Waals surface area contributed by atoms with Gasteiger partial charge in [-0.15, -0.1) is 10.2 Å². The first-order valence-electron chi connectivity index (χ1n) is 8.71. The van der Waals surface area contributed by atoms with Crippen LogP contribution in [0.2, 0.25) is 0 Å². The fourth-order valence-corrected chi connectivity index (χ4v) is 2.65. The monoisotopic (exact) mass is 386 g/mol. The molecule has 0 unspecified atom stereocenters. The van der Waals surface area contributed by atoms with Crippen molar-refractivity contribution in [3.8, 4) is 5.82 Å². The minimum atomic E-state index is -0.897. The van der Waals surface area contributed by atoms with Crippen molar-refractivity contribution in [2.45, 2.75) is 20.8 Å². The van der Waals surface area contributed by atoms with Gasteiger partial charge in [0, 0.05) is 18.8 Å². The van der Waals surface area contributed by atoms with Crippen LogP contribution in [0.25, 0.3) is 5.82 Å². The minimum absolute atomic E-state index is 0.159. The van der Waals surface area contributed by atoms with Gasteiger partial charge in [0.05, 0.1) is 5.69 Å². The van der Waals surface area contributed by atoms with E-state index in [4.69, 9.17) is 0 Å². The number of nitrogens with zero attached hydrogens (tertiary/aromatic N) is 4. The van der Waals surface area contributed by atoms with Crippen LogP contribution in [0.3, 0.4) is 0 Å². The smallest absolute Gasteiger partial charge is 0.257 e. The van der Waals surface area contributed by atoms with E-state index in [9.17, 15) is 13.6 Å². The second-order valence-corrected chi connectivity index (χ2v) is 6.26. The average molecular weight is 386 g/mol. The number of carbonyl (C=O) groups is 1. The molecule has 0 saturated heterocycles. The number of benzene rings is 1. The van der Waals surface area contributed by atoms with Crippen molar-refractivity contribution in [1.29, 1.82) is 0 Å². The maximum absolute atomic E-state index is 13.6. The highest BCUT2D eigenvalue weighted by atomic mass is 19.1. The Kier molecular flexibility index (Phi) is 5.62. The quantitative estimate of drug-likeness (QED) is 0.637. The maximum Gasteiger partial charge on any atom is 0.257 e. The van der Waals surface area contributed by atoms with Crippen LogP contribution in [-0.2, 0) is 0 Å². The molecule has 0 aliphatic heterocycles. The summed E-state index contributed by atoms with van der Waals surface area (Å²) in [6, 6.07) is 6.81. The molecule has 0 bridgehead atoms. The van der Waals surface area contributed by atoms with Crippen molar-refractivity contribution in [3.05, 3.63) is 64.5 Å². The molecule has 3 aromatic rings. The molecule has 0 saturated carbocycles. The van der Waals surface area contributed by atoms with Crippen molar-refractivity contribution in [1.82, 2.24) is 25.3 Å². The fourth-order valence-electron chi connectivity index (χ4n) is 2.65. The van der Waals surface area contributed by atoms with E-state index in [2.05, 4.69) is 25.9 Å². The summed E-state index contributed by atoms with van der Waals surface area (Å²) in [5, 5.41) is 18.1. The first-order chi connectivity index (χ1) is 13.4. The summed E-state index contributed by atoms with van der Waals surface area (Å²) >= 11 is 0. The standard InChI is InChI=1S/C19H20F2N6O/c1-11-12(2)26-27(13(11)3)17-8-7-16(24-25-17)22-9-10-23-19(28)18-14(20)5-4-6-15(18)21/h4-8H,9-10H2,1-3H3,(H,22,24)(H,23,28). The van der Waals surface area contributed by atoms with Gasteiger partial charge in [0.1, 0.15) is 23.0 Å². The Morgan fingerprint density at radius 2 is 1.75 bits per heavy atom. The van der Waals surface area contributed by atoms with E-state index in [0.717, 1.165) is 29.1 Å². The second-order valence-electron chi connectivity index (χ2n) is 6.26. The van der Waals surface area contributed by atoms with Crippen molar-refractivity contribution in [3.63, 3.8) is 0 Å². The Hall–Kier alpha value is -3.36. The lowest BCUT2D eigenvalue weighted by Crippen LogP contribution is -2.30. The largest absolute Gasteiger partial charge is 0.367 e. The van der Waals surface area contributed by atoms with E-state index in [-0.39, 0.29) is 6.54 Å². The van der Waals surface area contributed by atoms with Crippen LogP contribution < -0.4 is 10.6 Å². The molecule has 0 radical (unpaired) electrons. The topological polar surface area (TPSA) is 84.7 Å². The van der Waals surface area contributed by atoms with Crippen molar-refractivity contribution < 1.29 is 13.6 Å². The van der Waals surface area contributed by atoms with Gasteiger partial charge in [-0.3, -0.25) is 4.79 Å². The van der Waals surface area contributed by atoms with E-state index in [1.54, 1.807) is 16.8 Å². The van der Waals surface area contributed by atoms with Gasteiger partial charge in [0.15, 0.2) is 5.82 Å². The normalized spacial score (nSPS) is 10.8. The van der Waals surface area contributed by atoms with E-state index in [0.29, 0.717) is 18.2 Å². The van der Waals surface area contributed by atoms with Crippen LogP contribution in [-0.4, -0.2) is 39.0 Å². The highest BCUT2D eigenvalue weighted by Gasteiger charge is 2.16. The summed E-state index contributed by atoms with van der Waals surface area (Å²) in [6.45, 7) is 6.37. The van der Waals surface area contributed by atoms with Gasteiger partial charge in [-0.05, 0) is 50.6 Å². The molecule has 7 nitrogen and oxygen atoms in total. The third kappa shape index (κ3) is 3.98. The van der Waals surface area contributed by atoms with Crippen LogP contribution in [0.5, 0.6) is 0 Å². The summed E-state index contributed by atoms with van der Waals surface area (Å²) in [6.07, 6.45) is 0. The van der Waals surface area contributed by atoms with Crippen molar-refractivity contribution in [2.75, 3.05) is 18.4 Å². The summed E-state index contributed by atoms with van der Waals surface area (Å²) in [5.74, 6) is -1.49. The molecule has 0 fully saturated rings. The second kappa shape index (κ2) is 8.12. The fraction of sp³-hybridized carbons (Fsp3) is 0.263. The zero-order valence-corrected chi connectivity index (χ0v) is 15.8. The molecule has 1 amide bonds. The zero-order chi connectivity index (χ0) is 20.3. The zero-order valence-electron chi connectivity index (χ0n) is 15.8. The molecule has 3 rings (SSSR count). The molecule has 2 aromatic heterocycles. The van der Waals surface area contributed by atoms with Gasteiger partial charge in [0.25, 0.3) is 5.91 Å². The number of amides is 1. The van der Waals surface area contributed by atoms with Crippen molar-refractivity contribution >= 4 is 11.7 Å². The Bertz CT molecular complexity index is 980. The molecule has 2 heterocycles.